The van der Waals surface area contributed by atoms with E-state index in [2.05, 4.69) is 27.3 Å². The number of hydrogen-bond acceptors (Lipinski definition) is 7. The highest BCUT2D eigenvalue weighted by atomic mass is 32.2. The van der Waals surface area contributed by atoms with Gasteiger partial charge < -0.3 is 4.52 Å². The number of thioether (sulfide) groups is 1. The molecule has 0 N–H and O–H groups in total. The molecule has 178 valence electrons. The average Bonchev–Trinajstić information content (AvgIpc) is 3.55. The van der Waals surface area contributed by atoms with Crippen molar-refractivity contribution in [1.82, 2.24) is 29.3 Å². The fourth-order valence-corrected chi connectivity index (χ4v) is 4.99. The molecule has 3 aromatic carbocycles. The maximum Gasteiger partial charge on any atom is 0.267 e. The summed E-state index contributed by atoms with van der Waals surface area (Å²) in [6, 6.07) is 25.5. The van der Waals surface area contributed by atoms with E-state index in [0.717, 1.165) is 23.2 Å². The predicted octanol–water partition coefficient (Wildman–Crippen LogP) is 4.86. The first kappa shape index (κ1) is 22.2. The van der Waals surface area contributed by atoms with Crippen molar-refractivity contribution in [2.45, 2.75) is 30.7 Å². The molecule has 8 nitrogen and oxygen atoms in total. The van der Waals surface area contributed by atoms with Crippen molar-refractivity contribution in [3.63, 3.8) is 0 Å². The van der Waals surface area contributed by atoms with Crippen LogP contribution in [0, 0.1) is 0 Å². The van der Waals surface area contributed by atoms with E-state index in [1.54, 1.807) is 4.57 Å². The Morgan fingerprint density at radius 2 is 1.67 bits per heavy atom. The highest BCUT2D eigenvalue weighted by Crippen LogP contribution is 2.25. The monoisotopic (exact) mass is 494 g/mol. The third-order valence-corrected chi connectivity index (χ3v) is 6.95. The van der Waals surface area contributed by atoms with Crippen LogP contribution in [0.1, 0.15) is 29.8 Å². The normalized spacial score (nSPS) is 11.5. The molecule has 0 spiro atoms. The van der Waals surface area contributed by atoms with Crippen LogP contribution in [0.4, 0.5) is 0 Å². The maximum atomic E-state index is 13.5. The summed E-state index contributed by atoms with van der Waals surface area (Å²) in [5.74, 6) is 2.04. The highest BCUT2D eigenvalue weighted by molar-refractivity contribution is 7.98. The molecule has 9 heteroatoms. The Balaban J connectivity index is 1.36. The summed E-state index contributed by atoms with van der Waals surface area (Å²) in [5, 5.41) is 14.2. The number of aryl methyl sites for hydroxylation is 1. The van der Waals surface area contributed by atoms with Crippen LogP contribution in [0.25, 0.3) is 22.4 Å². The van der Waals surface area contributed by atoms with Crippen LogP contribution in [0.15, 0.2) is 93.3 Å². The van der Waals surface area contributed by atoms with E-state index in [0.29, 0.717) is 40.2 Å². The summed E-state index contributed by atoms with van der Waals surface area (Å²) in [4.78, 5) is 18.0. The first-order valence-corrected chi connectivity index (χ1v) is 12.7. The van der Waals surface area contributed by atoms with E-state index in [1.807, 2.05) is 83.3 Å². The van der Waals surface area contributed by atoms with Gasteiger partial charge in [0, 0.05) is 6.42 Å². The Hall–Kier alpha value is -4.24. The minimum atomic E-state index is -0.131. The Morgan fingerprint density at radius 3 is 2.47 bits per heavy atom. The van der Waals surface area contributed by atoms with E-state index in [4.69, 9.17) is 4.52 Å². The van der Waals surface area contributed by atoms with Crippen molar-refractivity contribution >= 4 is 28.4 Å². The van der Waals surface area contributed by atoms with Gasteiger partial charge in [-0.05, 0) is 41.8 Å². The van der Waals surface area contributed by atoms with Gasteiger partial charge in [0.25, 0.3) is 5.56 Å². The summed E-state index contributed by atoms with van der Waals surface area (Å²) in [5.41, 5.74) is 3.69. The van der Waals surface area contributed by atoms with Gasteiger partial charge in [-0.3, -0.25) is 9.20 Å². The smallest absolute Gasteiger partial charge is 0.267 e. The molecule has 0 unspecified atom stereocenters. The molecule has 0 aliphatic heterocycles. The molecule has 0 bridgehead atoms. The van der Waals surface area contributed by atoms with Crippen molar-refractivity contribution in [2.75, 3.05) is 0 Å². The summed E-state index contributed by atoms with van der Waals surface area (Å²) in [6.07, 6.45) is 1.54. The van der Waals surface area contributed by atoms with E-state index in [1.165, 1.54) is 17.3 Å². The number of fused-ring (bicyclic) bond motifs is 3. The molecule has 36 heavy (non-hydrogen) atoms. The number of rotatable bonds is 7. The van der Waals surface area contributed by atoms with Gasteiger partial charge in [0.15, 0.2) is 11.0 Å². The summed E-state index contributed by atoms with van der Waals surface area (Å²) in [6.45, 7) is 2.10. The van der Waals surface area contributed by atoms with Gasteiger partial charge in [0.1, 0.15) is 0 Å². The second-order valence-electron chi connectivity index (χ2n) is 8.35. The zero-order valence-corrected chi connectivity index (χ0v) is 20.4. The molecule has 0 fully saturated rings. The van der Waals surface area contributed by atoms with Gasteiger partial charge in [0.05, 0.1) is 22.3 Å². The molecule has 0 amide bonds. The van der Waals surface area contributed by atoms with Crippen molar-refractivity contribution in [1.29, 1.82) is 0 Å². The quantitative estimate of drug-likeness (QED) is 0.293. The molecule has 3 aromatic heterocycles. The van der Waals surface area contributed by atoms with Crippen LogP contribution < -0.4 is 5.56 Å². The lowest BCUT2D eigenvalue weighted by Crippen LogP contribution is -2.21. The van der Waals surface area contributed by atoms with Gasteiger partial charge in [-0.2, -0.15) is 4.98 Å². The maximum absolute atomic E-state index is 13.5. The van der Waals surface area contributed by atoms with Gasteiger partial charge in [-0.25, -0.2) is 4.57 Å². The molecule has 6 rings (SSSR count). The molecular formula is C27H22N6O2S. The molecule has 0 aliphatic rings. The van der Waals surface area contributed by atoms with Crippen LogP contribution in [0.2, 0.25) is 0 Å². The number of nitrogens with zero attached hydrogens (tertiary/aromatic N) is 6. The Morgan fingerprint density at radius 1 is 0.889 bits per heavy atom. The Kier molecular flexibility index (Phi) is 5.82. The lowest BCUT2D eigenvalue weighted by molar-refractivity contribution is 0.385. The highest BCUT2D eigenvalue weighted by Gasteiger charge is 2.19. The zero-order chi connectivity index (χ0) is 24.5. The fraction of sp³-hybridized carbons (Fsp3) is 0.148. The molecule has 3 heterocycles. The Labute approximate surface area is 210 Å². The molecule has 0 saturated carbocycles. The molecular weight excluding hydrogens is 472 g/mol. The van der Waals surface area contributed by atoms with Crippen molar-refractivity contribution in [3.8, 4) is 5.69 Å². The molecule has 0 aliphatic carbocycles. The molecule has 0 atom stereocenters. The van der Waals surface area contributed by atoms with Gasteiger partial charge >= 0.3 is 0 Å². The zero-order valence-electron chi connectivity index (χ0n) is 19.5. The third-order valence-electron chi connectivity index (χ3n) is 6.04. The fourth-order valence-electron chi connectivity index (χ4n) is 4.21. The molecule has 0 saturated heterocycles. The molecule has 0 radical (unpaired) electrons. The number of hydrogen-bond donors (Lipinski definition) is 0. The molecule has 6 aromatic rings. The largest absolute Gasteiger partial charge is 0.338 e. The number of aromatic nitrogens is 6. The van der Waals surface area contributed by atoms with E-state index in [-0.39, 0.29) is 5.56 Å². The average molecular weight is 495 g/mol. The first-order chi connectivity index (χ1) is 17.7. The lowest BCUT2D eigenvalue weighted by Gasteiger charge is -2.11. The van der Waals surface area contributed by atoms with Crippen molar-refractivity contribution in [3.05, 3.63) is 112 Å². The van der Waals surface area contributed by atoms with E-state index in [9.17, 15) is 4.79 Å². The van der Waals surface area contributed by atoms with Crippen LogP contribution in [0.5, 0.6) is 0 Å². The standard InChI is InChI=1S/C27H22N6O2S/c1-2-18-12-14-20(15-13-18)32-25(34)21-10-6-7-11-22(21)33-26(32)29-30-27(33)36-17-24-28-23(31-35-24)16-19-8-4-3-5-9-19/h3-15H,2,16-17H2,1H3. The van der Waals surface area contributed by atoms with E-state index < -0.39 is 0 Å². The second kappa shape index (κ2) is 9.43. The lowest BCUT2D eigenvalue weighted by atomic mass is 10.1. The van der Waals surface area contributed by atoms with Crippen LogP contribution >= 0.6 is 11.8 Å². The van der Waals surface area contributed by atoms with Gasteiger partial charge in [-0.15, -0.1) is 10.2 Å². The first-order valence-electron chi connectivity index (χ1n) is 11.7. The number of benzene rings is 3. The van der Waals surface area contributed by atoms with Gasteiger partial charge in [0.2, 0.25) is 11.7 Å². The SMILES string of the molecule is CCc1ccc(-n2c(=O)c3ccccc3n3c(SCc4nc(Cc5ccccc5)no4)nnc23)cc1. The summed E-state index contributed by atoms with van der Waals surface area (Å²) < 4.78 is 9.00. The van der Waals surface area contributed by atoms with Crippen LogP contribution in [0.3, 0.4) is 0 Å². The Bertz CT molecular complexity index is 1720. The van der Waals surface area contributed by atoms with Crippen LogP contribution in [-0.4, -0.2) is 29.3 Å². The predicted molar refractivity (Wildman–Crippen MR) is 139 cm³/mol. The van der Waals surface area contributed by atoms with Crippen molar-refractivity contribution < 1.29 is 4.52 Å². The topological polar surface area (TPSA) is 91.1 Å². The van der Waals surface area contributed by atoms with Crippen molar-refractivity contribution in [2.24, 2.45) is 0 Å². The van der Waals surface area contributed by atoms with E-state index >= 15 is 0 Å². The number of para-hydroxylation sites is 1. The third kappa shape index (κ3) is 4.07. The summed E-state index contributed by atoms with van der Waals surface area (Å²) >= 11 is 1.44. The second-order valence-corrected chi connectivity index (χ2v) is 9.29. The minimum absolute atomic E-state index is 0.131. The minimum Gasteiger partial charge on any atom is -0.338 e. The summed E-state index contributed by atoms with van der Waals surface area (Å²) in [7, 11) is 0. The van der Waals surface area contributed by atoms with Gasteiger partial charge in [-0.1, -0.05) is 78.4 Å². The van der Waals surface area contributed by atoms with Crippen LogP contribution in [-0.2, 0) is 18.6 Å².